The van der Waals surface area contributed by atoms with Crippen LogP contribution in [0.4, 0.5) is 5.69 Å². The van der Waals surface area contributed by atoms with Gasteiger partial charge in [0.25, 0.3) is 5.91 Å². The van der Waals surface area contributed by atoms with Gasteiger partial charge < -0.3 is 14.8 Å². The molecule has 0 atom stereocenters. The number of anilines is 1. The zero-order valence-corrected chi connectivity index (χ0v) is 9.84. The van der Waals surface area contributed by atoms with Gasteiger partial charge in [-0.25, -0.2) is 0 Å². The molecule has 0 fully saturated rings. The third-order valence-corrected chi connectivity index (χ3v) is 2.21. The van der Waals surface area contributed by atoms with Crippen molar-refractivity contribution < 1.29 is 14.3 Å². The van der Waals surface area contributed by atoms with Gasteiger partial charge in [-0.15, -0.1) is 0 Å². The van der Waals surface area contributed by atoms with Gasteiger partial charge in [-0.2, -0.15) is 5.10 Å². The molecule has 0 saturated carbocycles. The van der Waals surface area contributed by atoms with Crippen molar-refractivity contribution in [3.05, 3.63) is 36.7 Å². The molecule has 0 aliphatic carbocycles. The average Bonchev–Trinajstić information content (AvgIpc) is 2.89. The number of carbonyl (C=O) groups is 1. The number of methoxy groups -OCH3 is 1. The first-order valence-electron chi connectivity index (χ1n) is 5.34. The second kappa shape index (κ2) is 5.72. The van der Waals surface area contributed by atoms with Crippen LogP contribution in [0.15, 0.2) is 36.7 Å². The number of hydrogen-bond acceptors (Lipinski definition) is 4. The Hall–Kier alpha value is -2.50. The minimum atomic E-state index is -0.262. The highest BCUT2D eigenvalue weighted by atomic mass is 16.5. The fourth-order valence-corrected chi connectivity index (χ4v) is 1.40. The van der Waals surface area contributed by atoms with Crippen molar-refractivity contribution in [3.8, 4) is 11.5 Å². The number of aromatic amines is 1. The van der Waals surface area contributed by atoms with Crippen LogP contribution < -0.4 is 14.8 Å². The Morgan fingerprint density at radius 2 is 2.17 bits per heavy atom. The normalized spacial score (nSPS) is 9.83. The summed E-state index contributed by atoms with van der Waals surface area (Å²) in [5.74, 6) is 0.860. The molecule has 18 heavy (non-hydrogen) atoms. The summed E-state index contributed by atoms with van der Waals surface area (Å²) in [4.78, 5) is 11.6. The number of para-hydroxylation sites is 2. The molecule has 6 nitrogen and oxygen atoms in total. The van der Waals surface area contributed by atoms with Crippen LogP contribution in [-0.2, 0) is 4.79 Å². The number of hydrogen-bond donors (Lipinski definition) is 2. The van der Waals surface area contributed by atoms with Crippen molar-refractivity contribution in [2.24, 2.45) is 0 Å². The lowest BCUT2D eigenvalue weighted by molar-refractivity contribution is -0.118. The van der Waals surface area contributed by atoms with Crippen molar-refractivity contribution in [2.45, 2.75) is 0 Å². The predicted octanol–water partition coefficient (Wildman–Crippen LogP) is 1.44. The molecule has 0 aliphatic rings. The number of ether oxygens (including phenoxy) is 2. The van der Waals surface area contributed by atoms with E-state index in [1.165, 1.54) is 6.20 Å². The van der Waals surface area contributed by atoms with E-state index in [9.17, 15) is 4.79 Å². The molecule has 94 valence electrons. The molecule has 0 unspecified atom stereocenters. The average molecular weight is 247 g/mol. The molecule has 0 radical (unpaired) electrons. The van der Waals surface area contributed by atoms with Crippen molar-refractivity contribution in [1.29, 1.82) is 0 Å². The van der Waals surface area contributed by atoms with Crippen LogP contribution in [0.1, 0.15) is 0 Å². The van der Waals surface area contributed by atoms with E-state index in [2.05, 4.69) is 15.5 Å². The van der Waals surface area contributed by atoms with Crippen LogP contribution in [-0.4, -0.2) is 29.8 Å². The molecule has 1 amide bonds. The highest BCUT2D eigenvalue weighted by Crippen LogP contribution is 2.25. The third kappa shape index (κ3) is 3.00. The van der Waals surface area contributed by atoms with Gasteiger partial charge in [0, 0.05) is 6.20 Å². The lowest BCUT2D eigenvalue weighted by atomic mass is 10.3. The number of carbonyl (C=O) groups excluding carboxylic acids is 1. The van der Waals surface area contributed by atoms with E-state index in [1.807, 2.05) is 12.1 Å². The van der Waals surface area contributed by atoms with E-state index in [0.717, 1.165) is 0 Å². The van der Waals surface area contributed by atoms with Crippen LogP contribution in [0.25, 0.3) is 0 Å². The standard InChI is InChI=1S/C12H13N3O3/c1-17-10-4-2-3-5-11(10)18-8-12(16)15-9-6-13-14-7-9/h2-7H,8H2,1H3,(H,13,14)(H,15,16). The summed E-state index contributed by atoms with van der Waals surface area (Å²) in [7, 11) is 1.55. The predicted molar refractivity (Wildman–Crippen MR) is 65.7 cm³/mol. The van der Waals surface area contributed by atoms with Gasteiger partial charge in [0.15, 0.2) is 18.1 Å². The molecule has 2 N–H and O–H groups in total. The first-order chi connectivity index (χ1) is 8.79. The van der Waals surface area contributed by atoms with Crippen LogP contribution >= 0.6 is 0 Å². The summed E-state index contributed by atoms with van der Waals surface area (Å²) in [5.41, 5.74) is 0.601. The molecule has 6 heteroatoms. The third-order valence-electron chi connectivity index (χ3n) is 2.21. The smallest absolute Gasteiger partial charge is 0.262 e. The lowest BCUT2D eigenvalue weighted by Gasteiger charge is -2.09. The van der Waals surface area contributed by atoms with Gasteiger partial charge in [0.05, 0.1) is 19.0 Å². The molecule has 0 bridgehead atoms. The van der Waals surface area contributed by atoms with Crippen molar-refractivity contribution >= 4 is 11.6 Å². The van der Waals surface area contributed by atoms with Crippen LogP contribution in [0, 0.1) is 0 Å². The number of H-pyrrole nitrogens is 1. The van der Waals surface area contributed by atoms with E-state index in [1.54, 1.807) is 25.4 Å². The topological polar surface area (TPSA) is 76.2 Å². The molecule has 1 aromatic carbocycles. The molecular weight excluding hydrogens is 234 g/mol. The molecule has 0 aliphatic heterocycles. The van der Waals surface area contributed by atoms with E-state index in [4.69, 9.17) is 9.47 Å². The number of nitrogens with zero attached hydrogens (tertiary/aromatic N) is 1. The van der Waals surface area contributed by atoms with E-state index in [0.29, 0.717) is 17.2 Å². The fraction of sp³-hybridized carbons (Fsp3) is 0.167. The largest absolute Gasteiger partial charge is 0.493 e. The number of aromatic nitrogens is 2. The van der Waals surface area contributed by atoms with Gasteiger partial charge in [-0.05, 0) is 12.1 Å². The summed E-state index contributed by atoms with van der Waals surface area (Å²) in [5, 5.41) is 8.95. The molecule has 1 aromatic heterocycles. The summed E-state index contributed by atoms with van der Waals surface area (Å²) < 4.78 is 10.5. The fourth-order valence-electron chi connectivity index (χ4n) is 1.40. The summed E-state index contributed by atoms with van der Waals surface area (Å²) in [6.07, 6.45) is 3.10. The van der Waals surface area contributed by atoms with Gasteiger partial charge >= 0.3 is 0 Å². The monoisotopic (exact) mass is 247 g/mol. The maximum absolute atomic E-state index is 11.6. The second-order valence-electron chi connectivity index (χ2n) is 3.47. The van der Waals surface area contributed by atoms with Gasteiger partial charge in [0.2, 0.25) is 0 Å². The minimum absolute atomic E-state index is 0.0917. The maximum Gasteiger partial charge on any atom is 0.262 e. The van der Waals surface area contributed by atoms with Crippen molar-refractivity contribution in [2.75, 3.05) is 19.0 Å². The van der Waals surface area contributed by atoms with Crippen molar-refractivity contribution in [3.63, 3.8) is 0 Å². The van der Waals surface area contributed by atoms with Crippen LogP contribution in [0.2, 0.25) is 0 Å². The van der Waals surface area contributed by atoms with E-state index in [-0.39, 0.29) is 12.5 Å². The molecule has 0 saturated heterocycles. The van der Waals surface area contributed by atoms with Gasteiger partial charge in [-0.3, -0.25) is 9.89 Å². The number of nitrogens with one attached hydrogen (secondary N) is 2. The maximum atomic E-state index is 11.6. The Bertz CT molecular complexity index is 511. The SMILES string of the molecule is COc1ccccc1OCC(=O)Nc1cn[nH]c1. The van der Waals surface area contributed by atoms with E-state index >= 15 is 0 Å². The highest BCUT2D eigenvalue weighted by Gasteiger charge is 2.07. The summed E-state index contributed by atoms with van der Waals surface area (Å²) in [6, 6.07) is 7.15. The molecule has 1 heterocycles. The zero-order valence-electron chi connectivity index (χ0n) is 9.84. The Balaban J connectivity index is 1.89. The Labute approximate surface area is 104 Å². The number of rotatable bonds is 5. The first kappa shape index (κ1) is 12.0. The first-order valence-corrected chi connectivity index (χ1v) is 5.34. The van der Waals surface area contributed by atoms with Crippen LogP contribution in [0.3, 0.4) is 0 Å². The molecule has 2 aromatic rings. The van der Waals surface area contributed by atoms with Gasteiger partial charge in [0.1, 0.15) is 0 Å². The summed E-state index contributed by atoms with van der Waals surface area (Å²) >= 11 is 0. The molecular formula is C12H13N3O3. The molecule has 0 spiro atoms. The quantitative estimate of drug-likeness (QED) is 0.838. The Morgan fingerprint density at radius 1 is 1.39 bits per heavy atom. The highest BCUT2D eigenvalue weighted by molar-refractivity contribution is 5.91. The number of amides is 1. The second-order valence-corrected chi connectivity index (χ2v) is 3.47. The molecule has 2 rings (SSSR count). The Morgan fingerprint density at radius 3 is 2.83 bits per heavy atom. The number of benzene rings is 1. The van der Waals surface area contributed by atoms with Crippen molar-refractivity contribution in [1.82, 2.24) is 10.2 Å². The van der Waals surface area contributed by atoms with Gasteiger partial charge in [-0.1, -0.05) is 12.1 Å². The zero-order chi connectivity index (χ0) is 12.8. The summed E-state index contributed by atoms with van der Waals surface area (Å²) in [6.45, 7) is -0.0917. The van der Waals surface area contributed by atoms with Crippen LogP contribution in [0.5, 0.6) is 11.5 Å². The van der Waals surface area contributed by atoms with E-state index < -0.39 is 0 Å². The lowest BCUT2D eigenvalue weighted by Crippen LogP contribution is -2.20. The minimum Gasteiger partial charge on any atom is -0.493 e. The Kier molecular flexibility index (Phi) is 3.80.